The summed E-state index contributed by atoms with van der Waals surface area (Å²) in [7, 11) is -3.64. The number of hydrogen-bond acceptors (Lipinski definition) is 8. The van der Waals surface area contributed by atoms with Crippen LogP contribution in [0.4, 0.5) is 4.39 Å². The van der Waals surface area contributed by atoms with Gasteiger partial charge in [-0.05, 0) is 62.1 Å². The maximum Gasteiger partial charge on any atom is 0.243 e. The molecule has 1 saturated heterocycles. The third-order valence-electron chi connectivity index (χ3n) is 6.19. The van der Waals surface area contributed by atoms with Crippen LogP contribution in [0, 0.1) is 18.8 Å². The van der Waals surface area contributed by atoms with E-state index in [9.17, 15) is 12.8 Å². The summed E-state index contributed by atoms with van der Waals surface area (Å²) in [4.78, 5) is 8.27. The zero-order valence-electron chi connectivity index (χ0n) is 19.0. The van der Waals surface area contributed by atoms with E-state index in [0.29, 0.717) is 37.4 Å². The van der Waals surface area contributed by atoms with E-state index in [0.717, 1.165) is 18.4 Å². The molecule has 1 aromatic heterocycles. The Bertz CT molecular complexity index is 1200. The van der Waals surface area contributed by atoms with Gasteiger partial charge in [0, 0.05) is 37.1 Å². The molecular weight excluding hydrogens is 457 g/mol. The minimum Gasteiger partial charge on any atom is -0.384 e. The number of nitrogens with zero attached hydrogens (tertiary/aromatic N) is 3. The molecule has 0 radical (unpaired) electrons. The maximum atomic E-state index is 13.3. The zero-order valence-corrected chi connectivity index (χ0v) is 19.9. The van der Waals surface area contributed by atoms with Gasteiger partial charge in [0.2, 0.25) is 21.8 Å². The highest BCUT2D eigenvalue weighted by atomic mass is 32.2. The van der Waals surface area contributed by atoms with Crippen LogP contribution in [-0.2, 0) is 22.4 Å². The standard InChI is InChI=1S/C23H30FN7O2S/c1-16-18(4-9-21(24)29-16)14-27-13-17-3-2-12-31(15-17)34(32,33)20-7-5-19(6-8-20)23(26)28-11-10-22(25)30-23/h4-11,17,27-28H,2-3,12-15,26H2,1H3,(H2,25,30). The molecule has 182 valence electrons. The Hall–Kier alpha value is -2.86. The smallest absolute Gasteiger partial charge is 0.243 e. The maximum absolute atomic E-state index is 13.3. The van der Waals surface area contributed by atoms with Crippen LogP contribution in [0.3, 0.4) is 0 Å². The molecule has 4 rings (SSSR count). The largest absolute Gasteiger partial charge is 0.384 e. The van der Waals surface area contributed by atoms with Crippen LogP contribution in [0.2, 0.25) is 0 Å². The molecule has 9 nitrogen and oxygen atoms in total. The van der Waals surface area contributed by atoms with Crippen molar-refractivity contribution in [2.45, 2.75) is 37.0 Å². The van der Waals surface area contributed by atoms with Gasteiger partial charge in [-0.1, -0.05) is 18.2 Å². The van der Waals surface area contributed by atoms with Crippen molar-refractivity contribution in [3.05, 3.63) is 71.4 Å². The molecule has 2 aliphatic rings. The van der Waals surface area contributed by atoms with Gasteiger partial charge in [-0.15, -0.1) is 0 Å². The summed E-state index contributed by atoms with van der Waals surface area (Å²) in [5.74, 6) is -1.26. The summed E-state index contributed by atoms with van der Waals surface area (Å²) in [6, 6.07) is 9.47. The highest BCUT2D eigenvalue weighted by Crippen LogP contribution is 2.26. The van der Waals surface area contributed by atoms with Gasteiger partial charge in [-0.25, -0.2) is 18.4 Å². The Morgan fingerprint density at radius 3 is 2.74 bits per heavy atom. The van der Waals surface area contributed by atoms with Gasteiger partial charge < -0.3 is 16.4 Å². The number of nitrogens with one attached hydrogen (secondary N) is 2. The second-order valence-corrected chi connectivity index (χ2v) is 10.6. The van der Waals surface area contributed by atoms with Gasteiger partial charge in [0.05, 0.1) is 4.90 Å². The first kappa shape index (κ1) is 24.3. The van der Waals surface area contributed by atoms with Crippen molar-refractivity contribution in [3.8, 4) is 0 Å². The third-order valence-corrected chi connectivity index (χ3v) is 8.07. The Morgan fingerprint density at radius 2 is 2.03 bits per heavy atom. The van der Waals surface area contributed by atoms with Crippen LogP contribution in [0.15, 0.2) is 58.6 Å². The number of nitrogens with two attached hydrogens (primary N) is 2. The molecule has 2 aromatic rings. The van der Waals surface area contributed by atoms with Crippen LogP contribution >= 0.6 is 0 Å². The number of pyridine rings is 1. The van der Waals surface area contributed by atoms with E-state index in [1.807, 2.05) is 0 Å². The lowest BCUT2D eigenvalue weighted by atomic mass is 9.99. The molecule has 0 amide bonds. The second-order valence-electron chi connectivity index (χ2n) is 8.69. The second kappa shape index (κ2) is 9.79. The summed E-state index contributed by atoms with van der Waals surface area (Å²) < 4.78 is 41.3. The Kier molecular flexibility index (Phi) is 6.99. The Balaban J connectivity index is 1.38. The lowest BCUT2D eigenvalue weighted by Gasteiger charge is -2.32. The first-order valence-corrected chi connectivity index (χ1v) is 12.6. The SMILES string of the molecule is Cc1nc(F)ccc1CNCC1CCCN(S(=O)(=O)c2ccc(C3(N)N=C(N)C=CN3)cc2)C1. The molecule has 2 atom stereocenters. The topological polar surface area (TPSA) is 139 Å². The molecule has 0 saturated carbocycles. The lowest BCUT2D eigenvalue weighted by molar-refractivity contribution is 0.259. The van der Waals surface area contributed by atoms with E-state index < -0.39 is 21.8 Å². The Morgan fingerprint density at radius 1 is 1.26 bits per heavy atom. The number of aryl methyl sites for hydroxylation is 1. The molecule has 2 aliphatic heterocycles. The predicted molar refractivity (Wildman–Crippen MR) is 128 cm³/mol. The summed E-state index contributed by atoms with van der Waals surface area (Å²) in [5.41, 5.74) is 14.2. The number of halogens is 1. The van der Waals surface area contributed by atoms with E-state index in [2.05, 4.69) is 20.6 Å². The molecule has 0 bridgehead atoms. The number of amidine groups is 1. The van der Waals surface area contributed by atoms with Gasteiger partial charge in [-0.3, -0.25) is 5.73 Å². The monoisotopic (exact) mass is 487 g/mol. The number of aromatic nitrogens is 1. The average molecular weight is 488 g/mol. The van der Waals surface area contributed by atoms with Crippen molar-refractivity contribution in [2.24, 2.45) is 22.4 Å². The van der Waals surface area contributed by atoms with Gasteiger partial charge in [0.15, 0.2) is 0 Å². The van der Waals surface area contributed by atoms with E-state index in [1.165, 1.54) is 6.07 Å². The van der Waals surface area contributed by atoms with Gasteiger partial charge >= 0.3 is 0 Å². The minimum absolute atomic E-state index is 0.180. The quantitative estimate of drug-likeness (QED) is 0.431. The number of rotatable bonds is 7. The molecule has 3 heterocycles. The normalized spacial score (nSPS) is 23.4. The van der Waals surface area contributed by atoms with Crippen LogP contribution in [0.5, 0.6) is 0 Å². The fourth-order valence-corrected chi connectivity index (χ4v) is 5.83. The first-order chi connectivity index (χ1) is 16.2. The number of sulfonamides is 1. The lowest BCUT2D eigenvalue weighted by Crippen LogP contribution is -2.49. The summed E-state index contributed by atoms with van der Waals surface area (Å²) in [6.07, 6.45) is 4.94. The highest BCUT2D eigenvalue weighted by molar-refractivity contribution is 7.89. The fourth-order valence-electron chi connectivity index (χ4n) is 4.27. The molecular formula is C23H30FN7O2S. The van der Waals surface area contributed by atoms with E-state index in [1.54, 1.807) is 53.8 Å². The predicted octanol–water partition coefficient (Wildman–Crippen LogP) is 1.26. The molecule has 2 unspecified atom stereocenters. The highest BCUT2D eigenvalue weighted by Gasteiger charge is 2.32. The molecule has 6 N–H and O–H groups in total. The van der Waals surface area contributed by atoms with Gasteiger partial charge in [0.1, 0.15) is 5.84 Å². The molecule has 0 aliphatic carbocycles. The Labute approximate surface area is 199 Å². The molecule has 1 aromatic carbocycles. The van der Waals surface area contributed by atoms with Crippen molar-refractivity contribution in [1.82, 2.24) is 19.9 Å². The summed E-state index contributed by atoms with van der Waals surface area (Å²) >= 11 is 0. The molecule has 11 heteroatoms. The first-order valence-electron chi connectivity index (χ1n) is 11.2. The minimum atomic E-state index is -3.64. The number of hydrogen-bond donors (Lipinski definition) is 4. The molecule has 1 fully saturated rings. The summed E-state index contributed by atoms with van der Waals surface area (Å²) in [6.45, 7) is 3.91. The third kappa shape index (κ3) is 5.27. The van der Waals surface area contributed by atoms with Crippen molar-refractivity contribution >= 4 is 15.9 Å². The summed E-state index contributed by atoms with van der Waals surface area (Å²) in [5, 5.41) is 6.31. The van der Waals surface area contributed by atoms with Gasteiger partial charge in [0.25, 0.3) is 0 Å². The van der Waals surface area contributed by atoms with Crippen molar-refractivity contribution < 1.29 is 12.8 Å². The molecule has 0 spiro atoms. The zero-order chi connectivity index (χ0) is 24.3. The average Bonchev–Trinajstić information content (AvgIpc) is 2.81. The van der Waals surface area contributed by atoms with E-state index in [4.69, 9.17) is 11.5 Å². The van der Waals surface area contributed by atoms with Crippen molar-refractivity contribution in [1.29, 1.82) is 0 Å². The number of piperidine rings is 1. The van der Waals surface area contributed by atoms with Crippen LogP contribution < -0.4 is 22.1 Å². The number of aliphatic imine (C=N–C) groups is 1. The molecule has 34 heavy (non-hydrogen) atoms. The number of benzene rings is 1. The van der Waals surface area contributed by atoms with E-state index in [-0.39, 0.29) is 16.6 Å². The van der Waals surface area contributed by atoms with Crippen LogP contribution in [0.1, 0.15) is 29.7 Å². The van der Waals surface area contributed by atoms with Crippen LogP contribution in [0.25, 0.3) is 0 Å². The van der Waals surface area contributed by atoms with Gasteiger partial charge in [-0.2, -0.15) is 8.70 Å². The van der Waals surface area contributed by atoms with E-state index >= 15 is 0 Å². The van der Waals surface area contributed by atoms with Crippen molar-refractivity contribution in [2.75, 3.05) is 19.6 Å². The fraction of sp³-hybridized carbons (Fsp3) is 0.391. The van der Waals surface area contributed by atoms with Crippen molar-refractivity contribution in [3.63, 3.8) is 0 Å². The van der Waals surface area contributed by atoms with Crippen LogP contribution in [-0.4, -0.2) is 43.2 Å².